The number of ether oxygens (including phenoxy) is 1. The molecule has 4 rings (SSSR count). The van der Waals surface area contributed by atoms with Crippen molar-refractivity contribution in [2.75, 3.05) is 13.7 Å². The molecule has 1 amide bonds. The number of fused-ring (bicyclic) bond motifs is 2. The van der Waals surface area contributed by atoms with Gasteiger partial charge in [-0.1, -0.05) is 18.2 Å². The first-order valence-corrected chi connectivity index (χ1v) is 10.0. The number of aryl methyl sites for hydroxylation is 2. The Morgan fingerprint density at radius 2 is 2.03 bits per heavy atom. The third-order valence-corrected chi connectivity index (χ3v) is 5.90. The molecule has 2 heterocycles. The predicted octanol–water partition coefficient (Wildman–Crippen LogP) is 3.92. The maximum Gasteiger partial charge on any atom is 0.251 e. The van der Waals surface area contributed by atoms with Gasteiger partial charge in [-0.3, -0.25) is 9.59 Å². The van der Waals surface area contributed by atoms with Gasteiger partial charge in [-0.25, -0.2) is 0 Å². The Morgan fingerprint density at radius 1 is 1.21 bits per heavy atom. The zero-order valence-electron chi connectivity index (χ0n) is 17.1. The number of nitrogens with one attached hydrogen (secondary N) is 1. The van der Waals surface area contributed by atoms with Crippen LogP contribution in [0, 0.1) is 6.92 Å². The van der Waals surface area contributed by atoms with Crippen LogP contribution in [-0.4, -0.2) is 29.4 Å². The van der Waals surface area contributed by atoms with Gasteiger partial charge in [-0.05, 0) is 73.0 Å². The molecule has 0 spiro atoms. The molecule has 1 N–H and O–H groups in total. The van der Waals surface area contributed by atoms with Gasteiger partial charge in [-0.2, -0.15) is 0 Å². The standard InChI is InChI=1S/C24H26N2O3/c1-15-4-5-18-13-19(24(28)25-22(18)12-15)6-9-23(27)26-11-10-17-14-20(29-3)7-8-21(17)16(26)2/h4-5,7-8,12-14,16H,6,9-11H2,1-3H3,(H,25,28). The average Bonchev–Trinajstić information content (AvgIpc) is 2.72. The van der Waals surface area contributed by atoms with Crippen molar-refractivity contribution in [3.05, 3.63) is 75.1 Å². The molecule has 29 heavy (non-hydrogen) atoms. The van der Waals surface area contributed by atoms with Crippen molar-refractivity contribution >= 4 is 16.8 Å². The Hall–Kier alpha value is -3.08. The van der Waals surface area contributed by atoms with Crippen molar-refractivity contribution < 1.29 is 9.53 Å². The minimum absolute atomic E-state index is 0.0232. The number of rotatable bonds is 4. The monoisotopic (exact) mass is 390 g/mol. The number of carbonyl (C=O) groups excluding carboxylic acids is 1. The van der Waals surface area contributed by atoms with E-state index in [1.807, 2.05) is 48.2 Å². The summed E-state index contributed by atoms with van der Waals surface area (Å²) in [4.78, 5) is 30.2. The largest absolute Gasteiger partial charge is 0.497 e. The molecule has 0 fully saturated rings. The van der Waals surface area contributed by atoms with Gasteiger partial charge in [-0.15, -0.1) is 0 Å². The highest BCUT2D eigenvalue weighted by Gasteiger charge is 2.27. The average molecular weight is 390 g/mol. The molecule has 1 aromatic heterocycles. The molecular weight excluding hydrogens is 364 g/mol. The highest BCUT2D eigenvalue weighted by molar-refractivity contribution is 5.80. The van der Waals surface area contributed by atoms with Crippen molar-refractivity contribution in [3.8, 4) is 5.75 Å². The topological polar surface area (TPSA) is 62.4 Å². The lowest BCUT2D eigenvalue weighted by atomic mass is 9.93. The molecule has 0 radical (unpaired) electrons. The molecule has 0 aliphatic carbocycles. The number of methoxy groups -OCH3 is 1. The minimum Gasteiger partial charge on any atom is -0.497 e. The van der Waals surface area contributed by atoms with E-state index >= 15 is 0 Å². The number of hydrogen-bond acceptors (Lipinski definition) is 3. The number of aromatic amines is 1. The van der Waals surface area contributed by atoms with Gasteiger partial charge in [0.1, 0.15) is 5.75 Å². The third-order valence-electron chi connectivity index (χ3n) is 5.90. The van der Waals surface area contributed by atoms with E-state index in [1.54, 1.807) is 7.11 Å². The van der Waals surface area contributed by atoms with Crippen LogP contribution in [0.15, 0.2) is 47.3 Å². The summed E-state index contributed by atoms with van der Waals surface area (Å²) in [6.07, 6.45) is 1.59. The zero-order chi connectivity index (χ0) is 20.5. The van der Waals surface area contributed by atoms with Crippen molar-refractivity contribution in [3.63, 3.8) is 0 Å². The van der Waals surface area contributed by atoms with Gasteiger partial charge in [0.05, 0.1) is 13.2 Å². The van der Waals surface area contributed by atoms with E-state index in [9.17, 15) is 9.59 Å². The summed E-state index contributed by atoms with van der Waals surface area (Å²) in [5, 5.41) is 0.992. The van der Waals surface area contributed by atoms with Crippen LogP contribution >= 0.6 is 0 Å². The van der Waals surface area contributed by atoms with E-state index in [0.29, 0.717) is 24.9 Å². The minimum atomic E-state index is -0.111. The van der Waals surface area contributed by atoms with Crippen molar-refractivity contribution in [2.45, 2.75) is 39.2 Å². The molecule has 1 unspecified atom stereocenters. The van der Waals surface area contributed by atoms with E-state index in [-0.39, 0.29) is 17.5 Å². The highest BCUT2D eigenvalue weighted by atomic mass is 16.5. The zero-order valence-corrected chi connectivity index (χ0v) is 17.1. The Balaban J connectivity index is 1.48. The lowest BCUT2D eigenvalue weighted by Gasteiger charge is -2.35. The number of amides is 1. The predicted molar refractivity (Wildman–Crippen MR) is 114 cm³/mol. The third kappa shape index (κ3) is 3.77. The van der Waals surface area contributed by atoms with E-state index in [2.05, 4.69) is 18.0 Å². The summed E-state index contributed by atoms with van der Waals surface area (Å²) >= 11 is 0. The second kappa shape index (κ2) is 7.74. The van der Waals surface area contributed by atoms with Crippen LogP contribution in [0.1, 0.15) is 41.6 Å². The first-order chi connectivity index (χ1) is 14.0. The number of carbonyl (C=O) groups is 1. The van der Waals surface area contributed by atoms with Gasteiger partial charge < -0.3 is 14.6 Å². The first-order valence-electron chi connectivity index (χ1n) is 10.0. The number of hydrogen-bond donors (Lipinski definition) is 1. The maximum absolute atomic E-state index is 12.9. The molecule has 1 aliphatic rings. The van der Waals surface area contributed by atoms with E-state index in [1.165, 1.54) is 11.1 Å². The van der Waals surface area contributed by atoms with Crippen LogP contribution < -0.4 is 10.3 Å². The van der Waals surface area contributed by atoms with Gasteiger partial charge in [0.2, 0.25) is 5.91 Å². The SMILES string of the molecule is COc1ccc2c(c1)CCN(C(=O)CCc1cc3ccc(C)cc3[nH]c1=O)C2C. The second-order valence-corrected chi connectivity index (χ2v) is 7.79. The molecular formula is C24H26N2O3. The van der Waals surface area contributed by atoms with E-state index in [4.69, 9.17) is 4.74 Å². The molecule has 150 valence electrons. The molecule has 1 aliphatic heterocycles. The molecule has 1 atom stereocenters. The fourth-order valence-electron chi connectivity index (χ4n) is 4.21. The van der Waals surface area contributed by atoms with Crippen molar-refractivity contribution in [1.29, 1.82) is 0 Å². The summed E-state index contributed by atoms with van der Waals surface area (Å²) in [6.45, 7) is 4.75. The Bertz CT molecular complexity index is 1130. The van der Waals surface area contributed by atoms with Gasteiger partial charge in [0.15, 0.2) is 0 Å². The van der Waals surface area contributed by atoms with Crippen molar-refractivity contribution in [1.82, 2.24) is 9.88 Å². The number of benzene rings is 2. The van der Waals surface area contributed by atoms with Crippen molar-refractivity contribution in [2.24, 2.45) is 0 Å². The summed E-state index contributed by atoms with van der Waals surface area (Å²) in [7, 11) is 1.67. The Morgan fingerprint density at radius 3 is 2.83 bits per heavy atom. The highest BCUT2D eigenvalue weighted by Crippen LogP contribution is 2.32. The number of pyridine rings is 1. The van der Waals surface area contributed by atoms with Crippen LogP contribution in [0.25, 0.3) is 10.9 Å². The lowest BCUT2D eigenvalue weighted by Crippen LogP contribution is -2.39. The Kier molecular flexibility index (Phi) is 5.14. The van der Waals surface area contributed by atoms with Crippen LogP contribution in [0.2, 0.25) is 0 Å². The molecule has 2 aromatic carbocycles. The summed E-state index contributed by atoms with van der Waals surface area (Å²) in [5.41, 5.74) is 4.89. The smallest absolute Gasteiger partial charge is 0.251 e. The molecule has 0 saturated carbocycles. The van der Waals surface area contributed by atoms with E-state index < -0.39 is 0 Å². The number of aromatic nitrogens is 1. The van der Waals surface area contributed by atoms with Crippen LogP contribution in [0.3, 0.4) is 0 Å². The van der Waals surface area contributed by atoms with Crippen LogP contribution in [-0.2, 0) is 17.6 Å². The van der Waals surface area contributed by atoms with Crippen LogP contribution in [0.4, 0.5) is 0 Å². The van der Waals surface area contributed by atoms with Gasteiger partial charge in [0, 0.05) is 24.0 Å². The molecule has 3 aromatic rings. The second-order valence-electron chi connectivity index (χ2n) is 7.79. The fourth-order valence-corrected chi connectivity index (χ4v) is 4.21. The molecule has 5 heteroatoms. The quantitative estimate of drug-likeness (QED) is 0.734. The lowest BCUT2D eigenvalue weighted by molar-refractivity contribution is -0.133. The van der Waals surface area contributed by atoms with Gasteiger partial charge in [0.25, 0.3) is 5.56 Å². The summed E-state index contributed by atoms with van der Waals surface area (Å²) in [6, 6.07) is 14.0. The first kappa shape index (κ1) is 19.2. The molecule has 0 bridgehead atoms. The maximum atomic E-state index is 12.9. The van der Waals surface area contributed by atoms with E-state index in [0.717, 1.165) is 28.6 Å². The molecule has 5 nitrogen and oxygen atoms in total. The normalized spacial score (nSPS) is 16.0. The number of H-pyrrole nitrogens is 1. The molecule has 0 saturated heterocycles. The summed E-state index contributed by atoms with van der Waals surface area (Å²) < 4.78 is 5.31. The summed E-state index contributed by atoms with van der Waals surface area (Å²) in [5.74, 6) is 0.934. The number of nitrogens with zero attached hydrogens (tertiary/aromatic N) is 1. The van der Waals surface area contributed by atoms with Crippen LogP contribution in [0.5, 0.6) is 5.75 Å². The fraction of sp³-hybridized carbons (Fsp3) is 0.333. The Labute approximate surface area is 170 Å². The van der Waals surface area contributed by atoms with Gasteiger partial charge >= 0.3 is 0 Å².